The summed E-state index contributed by atoms with van der Waals surface area (Å²) >= 11 is 3.50. The molecule has 1 atom stereocenters. The number of nitro benzene ring substituents is 1. The summed E-state index contributed by atoms with van der Waals surface area (Å²) in [6, 6.07) is 8.40. The highest BCUT2D eigenvalue weighted by Gasteiger charge is 2.35. The van der Waals surface area contributed by atoms with Crippen molar-refractivity contribution in [1.29, 1.82) is 0 Å². The molecule has 28 heavy (non-hydrogen) atoms. The van der Waals surface area contributed by atoms with Crippen molar-refractivity contribution in [3.05, 3.63) is 61.6 Å². The fraction of sp³-hybridized carbons (Fsp3) is 0.300. The van der Waals surface area contributed by atoms with Crippen LogP contribution in [0.2, 0.25) is 0 Å². The van der Waals surface area contributed by atoms with Gasteiger partial charge in [0.05, 0.1) is 16.5 Å². The number of amides is 2. The van der Waals surface area contributed by atoms with Gasteiger partial charge in [-0.15, -0.1) is 0 Å². The number of carbonyl (C=O) groups excluding carboxylic acids is 2. The molecule has 1 aliphatic heterocycles. The second kappa shape index (κ2) is 7.71. The van der Waals surface area contributed by atoms with Crippen LogP contribution in [0.1, 0.15) is 23.1 Å². The first-order valence-corrected chi connectivity index (χ1v) is 9.59. The summed E-state index contributed by atoms with van der Waals surface area (Å²) in [5.74, 6) is -0.975. The zero-order valence-corrected chi connectivity index (χ0v) is 17.4. The number of halogens is 1. The largest absolute Gasteiger partial charge is 0.326 e. The Bertz CT molecular complexity index is 966. The van der Waals surface area contributed by atoms with E-state index < -0.39 is 10.8 Å². The van der Waals surface area contributed by atoms with Gasteiger partial charge in [0.25, 0.3) is 5.69 Å². The number of hydrogen-bond acceptors (Lipinski definition) is 4. The Balaban J connectivity index is 1.76. The molecule has 0 bridgehead atoms. The molecule has 0 unspecified atom stereocenters. The summed E-state index contributed by atoms with van der Waals surface area (Å²) in [7, 11) is 0. The Labute approximate surface area is 171 Å². The van der Waals surface area contributed by atoms with Crippen LogP contribution in [0, 0.1) is 36.8 Å². The van der Waals surface area contributed by atoms with Crippen LogP contribution in [0.15, 0.2) is 34.8 Å². The van der Waals surface area contributed by atoms with Crippen molar-refractivity contribution in [2.24, 2.45) is 5.92 Å². The first kappa shape index (κ1) is 20.0. The maximum absolute atomic E-state index is 12.7. The molecule has 0 spiro atoms. The minimum atomic E-state index is -0.517. The van der Waals surface area contributed by atoms with Crippen LogP contribution in [-0.2, 0) is 9.59 Å². The van der Waals surface area contributed by atoms with Gasteiger partial charge in [-0.3, -0.25) is 19.7 Å². The molecule has 0 aliphatic carbocycles. The molecule has 146 valence electrons. The Morgan fingerprint density at radius 1 is 1.18 bits per heavy atom. The van der Waals surface area contributed by atoms with Crippen LogP contribution in [0.25, 0.3) is 0 Å². The van der Waals surface area contributed by atoms with Gasteiger partial charge in [0.2, 0.25) is 11.8 Å². The van der Waals surface area contributed by atoms with Crippen molar-refractivity contribution in [1.82, 2.24) is 0 Å². The molecule has 0 radical (unpaired) electrons. The highest BCUT2D eigenvalue weighted by molar-refractivity contribution is 9.10. The molecule has 2 amide bonds. The second-order valence-corrected chi connectivity index (χ2v) is 7.84. The third-order valence-corrected chi connectivity index (χ3v) is 6.15. The summed E-state index contributed by atoms with van der Waals surface area (Å²) in [4.78, 5) is 37.2. The molecule has 1 heterocycles. The van der Waals surface area contributed by atoms with Crippen molar-refractivity contribution < 1.29 is 14.5 Å². The maximum atomic E-state index is 12.7. The number of benzene rings is 2. The molecule has 0 aromatic heterocycles. The Morgan fingerprint density at radius 3 is 2.43 bits per heavy atom. The van der Waals surface area contributed by atoms with Crippen molar-refractivity contribution in [2.45, 2.75) is 27.2 Å². The molecule has 1 aliphatic rings. The highest BCUT2D eigenvalue weighted by atomic mass is 79.9. The lowest BCUT2D eigenvalue weighted by atomic mass is 10.1. The fourth-order valence-electron chi connectivity index (χ4n) is 3.36. The van der Waals surface area contributed by atoms with E-state index in [1.807, 2.05) is 26.0 Å². The fourth-order valence-corrected chi connectivity index (χ4v) is 3.59. The molecular formula is C20H20BrN3O4. The molecule has 1 fully saturated rings. The molecule has 8 heteroatoms. The minimum absolute atomic E-state index is 0.0426. The van der Waals surface area contributed by atoms with E-state index in [1.165, 1.54) is 11.0 Å². The van der Waals surface area contributed by atoms with Gasteiger partial charge >= 0.3 is 0 Å². The van der Waals surface area contributed by atoms with E-state index in [1.54, 1.807) is 19.1 Å². The molecule has 1 N–H and O–H groups in total. The van der Waals surface area contributed by atoms with E-state index in [-0.39, 0.29) is 30.5 Å². The topological polar surface area (TPSA) is 92.6 Å². The number of aryl methyl sites for hydroxylation is 3. The third kappa shape index (κ3) is 3.91. The van der Waals surface area contributed by atoms with Gasteiger partial charge in [0.15, 0.2) is 0 Å². The summed E-state index contributed by atoms with van der Waals surface area (Å²) < 4.78 is 0.994. The number of carbonyl (C=O) groups is 2. The van der Waals surface area contributed by atoms with Crippen molar-refractivity contribution >= 4 is 44.8 Å². The second-order valence-electron chi connectivity index (χ2n) is 7.05. The highest BCUT2D eigenvalue weighted by Crippen LogP contribution is 2.31. The molecule has 0 saturated carbocycles. The van der Waals surface area contributed by atoms with Crippen LogP contribution in [0.4, 0.5) is 17.1 Å². The van der Waals surface area contributed by atoms with Gasteiger partial charge in [-0.2, -0.15) is 0 Å². The Hall–Kier alpha value is -2.74. The number of rotatable bonds is 4. The Morgan fingerprint density at radius 2 is 1.82 bits per heavy atom. The van der Waals surface area contributed by atoms with Crippen molar-refractivity contribution in [3.8, 4) is 0 Å². The lowest BCUT2D eigenvalue weighted by Gasteiger charge is -2.17. The monoisotopic (exact) mass is 445 g/mol. The molecule has 2 aromatic rings. The quantitative estimate of drug-likeness (QED) is 0.561. The number of hydrogen-bond donors (Lipinski definition) is 1. The first-order chi connectivity index (χ1) is 13.2. The lowest BCUT2D eigenvalue weighted by Crippen LogP contribution is -2.28. The van der Waals surface area contributed by atoms with Crippen LogP contribution in [0.5, 0.6) is 0 Å². The third-order valence-electron chi connectivity index (χ3n) is 4.90. The van der Waals surface area contributed by atoms with E-state index in [0.717, 1.165) is 15.6 Å². The van der Waals surface area contributed by atoms with Crippen molar-refractivity contribution in [2.75, 3.05) is 16.8 Å². The Kier molecular flexibility index (Phi) is 5.51. The first-order valence-electron chi connectivity index (χ1n) is 8.80. The molecule has 7 nitrogen and oxygen atoms in total. The summed E-state index contributed by atoms with van der Waals surface area (Å²) in [6.07, 6.45) is 0.0714. The minimum Gasteiger partial charge on any atom is -0.326 e. The van der Waals surface area contributed by atoms with Crippen molar-refractivity contribution in [3.63, 3.8) is 0 Å². The predicted octanol–water partition coefficient (Wildman–Crippen LogP) is 4.27. The van der Waals surface area contributed by atoms with Gasteiger partial charge in [0.1, 0.15) is 0 Å². The zero-order chi connectivity index (χ0) is 20.6. The number of nitrogens with one attached hydrogen (secondary N) is 1. The normalized spacial score (nSPS) is 16.4. The lowest BCUT2D eigenvalue weighted by molar-refractivity contribution is -0.385. The predicted molar refractivity (Wildman–Crippen MR) is 111 cm³/mol. The standard InChI is InChI=1S/C20H20BrN3O4/c1-11-4-5-16(9-17(11)24(27)28)23-10-14(8-18(23)25)20(26)22-15-6-12(2)19(21)13(3)7-15/h4-7,9,14H,8,10H2,1-3H3,(H,22,26)/t14-/m1/s1. The van der Waals surface area contributed by atoms with E-state index >= 15 is 0 Å². The van der Waals surface area contributed by atoms with Gasteiger partial charge in [-0.05, 0) is 50.1 Å². The van der Waals surface area contributed by atoms with Crippen LogP contribution < -0.4 is 10.2 Å². The van der Waals surface area contributed by atoms with Crippen LogP contribution in [0.3, 0.4) is 0 Å². The molecule has 3 rings (SSSR count). The smallest absolute Gasteiger partial charge is 0.274 e. The van der Waals surface area contributed by atoms with E-state index in [4.69, 9.17) is 0 Å². The molecule has 1 saturated heterocycles. The van der Waals surface area contributed by atoms with E-state index in [2.05, 4.69) is 21.2 Å². The maximum Gasteiger partial charge on any atom is 0.274 e. The summed E-state index contributed by atoms with van der Waals surface area (Å²) in [5.41, 5.74) is 3.61. The number of nitrogens with zero attached hydrogens (tertiary/aromatic N) is 2. The van der Waals surface area contributed by atoms with E-state index in [0.29, 0.717) is 16.9 Å². The summed E-state index contributed by atoms with van der Waals surface area (Å²) in [6.45, 7) is 5.72. The summed E-state index contributed by atoms with van der Waals surface area (Å²) in [5, 5.41) is 14.0. The van der Waals surface area contributed by atoms with Gasteiger partial charge in [-0.1, -0.05) is 22.0 Å². The average Bonchev–Trinajstić information content (AvgIpc) is 3.01. The van der Waals surface area contributed by atoms with E-state index in [9.17, 15) is 19.7 Å². The molecule has 2 aromatic carbocycles. The molecular weight excluding hydrogens is 426 g/mol. The number of nitro groups is 1. The van der Waals surface area contributed by atoms with Crippen LogP contribution in [-0.4, -0.2) is 23.3 Å². The van der Waals surface area contributed by atoms with Crippen LogP contribution >= 0.6 is 15.9 Å². The zero-order valence-electron chi connectivity index (χ0n) is 15.8. The number of anilines is 2. The van der Waals surface area contributed by atoms with Gasteiger partial charge in [-0.25, -0.2) is 0 Å². The van der Waals surface area contributed by atoms with Gasteiger partial charge in [0, 0.05) is 34.8 Å². The SMILES string of the molecule is Cc1ccc(N2C[C@H](C(=O)Nc3cc(C)c(Br)c(C)c3)CC2=O)cc1[N+](=O)[O-]. The average molecular weight is 446 g/mol. The van der Waals surface area contributed by atoms with Gasteiger partial charge < -0.3 is 10.2 Å².